The Morgan fingerprint density at radius 3 is 2.71 bits per heavy atom. The van der Waals surface area contributed by atoms with Crippen LogP contribution < -0.4 is 15.4 Å². The lowest BCUT2D eigenvalue weighted by Gasteiger charge is -2.20. The van der Waals surface area contributed by atoms with Crippen LogP contribution in [0.25, 0.3) is 0 Å². The number of rotatable bonds is 6. The smallest absolute Gasteiger partial charge is 0.225 e. The summed E-state index contributed by atoms with van der Waals surface area (Å²) in [5.41, 5.74) is 1.07. The lowest BCUT2D eigenvalue weighted by atomic mass is 9.87. The van der Waals surface area contributed by atoms with Gasteiger partial charge in [0.1, 0.15) is 5.75 Å². The van der Waals surface area contributed by atoms with E-state index in [1.807, 2.05) is 31.2 Å². The van der Waals surface area contributed by atoms with E-state index in [4.69, 9.17) is 17.0 Å². The number of benzene rings is 1. The van der Waals surface area contributed by atoms with Gasteiger partial charge in [-0.05, 0) is 37.2 Å². The van der Waals surface area contributed by atoms with Crippen LogP contribution in [-0.2, 0) is 4.79 Å². The Bertz CT molecular complexity index is 579. The molecule has 1 aromatic rings. The molecular formula is C18H27N3O2S. The fourth-order valence-electron chi connectivity index (χ4n) is 3.17. The predicted octanol–water partition coefficient (Wildman–Crippen LogP) is 2.13. The average Bonchev–Trinajstić information content (AvgIpc) is 3.05. The monoisotopic (exact) mass is 349 g/mol. The van der Waals surface area contributed by atoms with Gasteiger partial charge in [-0.25, -0.2) is 0 Å². The number of hydrogen-bond acceptors (Lipinski definition) is 3. The molecule has 132 valence electrons. The summed E-state index contributed by atoms with van der Waals surface area (Å²) in [6.07, 6.45) is 0.928. The zero-order chi connectivity index (χ0) is 17.5. The Hall–Kier alpha value is -1.82. The number of hydrogen-bond donors (Lipinski definition) is 2. The van der Waals surface area contributed by atoms with Crippen LogP contribution in [0.3, 0.4) is 0 Å². The number of carbonyl (C=O) groups is 1. The van der Waals surface area contributed by atoms with Gasteiger partial charge >= 0.3 is 0 Å². The van der Waals surface area contributed by atoms with Crippen molar-refractivity contribution in [3.63, 3.8) is 0 Å². The minimum absolute atomic E-state index is 0.0645. The largest absolute Gasteiger partial charge is 0.496 e. The molecule has 1 aromatic carbocycles. The lowest BCUT2D eigenvalue weighted by Crippen LogP contribution is -2.39. The summed E-state index contributed by atoms with van der Waals surface area (Å²) in [6.45, 7) is 6.90. The second kappa shape index (κ2) is 8.87. The first-order chi connectivity index (χ1) is 11.6. The second-order valence-electron chi connectivity index (χ2n) is 5.99. The Morgan fingerprint density at radius 1 is 1.29 bits per heavy atom. The number of thiocarbonyl (C=S) groups is 1. The number of likely N-dealkylation sites (tertiary alicyclic amines) is 1. The van der Waals surface area contributed by atoms with Crippen molar-refractivity contribution in [2.45, 2.75) is 26.2 Å². The highest BCUT2D eigenvalue weighted by Crippen LogP contribution is 2.37. The first-order valence-electron chi connectivity index (χ1n) is 8.55. The molecule has 6 heteroatoms. The van der Waals surface area contributed by atoms with Crippen molar-refractivity contribution in [3.05, 3.63) is 29.8 Å². The number of methoxy groups -OCH3 is 1. The SMILES string of the molecule is CCCNC(=O)[C@@H]1CN(C(=S)NCC)C[C@H]1c1ccccc1OC. The number of nitrogens with zero attached hydrogens (tertiary/aromatic N) is 1. The van der Waals surface area contributed by atoms with E-state index < -0.39 is 0 Å². The number of ether oxygens (including phenoxy) is 1. The third-order valence-electron chi connectivity index (χ3n) is 4.36. The molecule has 2 N–H and O–H groups in total. The molecule has 1 saturated heterocycles. The normalized spacial score (nSPS) is 19.9. The Kier molecular flexibility index (Phi) is 6.85. The minimum atomic E-state index is -0.135. The minimum Gasteiger partial charge on any atom is -0.496 e. The number of nitrogens with one attached hydrogen (secondary N) is 2. The highest BCUT2D eigenvalue weighted by molar-refractivity contribution is 7.80. The predicted molar refractivity (Wildman–Crippen MR) is 100 cm³/mol. The van der Waals surface area contributed by atoms with E-state index in [2.05, 4.69) is 22.5 Å². The van der Waals surface area contributed by atoms with Gasteiger partial charge in [0, 0.05) is 32.1 Å². The molecular weight excluding hydrogens is 322 g/mol. The molecule has 0 radical (unpaired) electrons. The van der Waals surface area contributed by atoms with E-state index >= 15 is 0 Å². The van der Waals surface area contributed by atoms with E-state index in [1.54, 1.807) is 7.11 Å². The van der Waals surface area contributed by atoms with Crippen molar-refractivity contribution in [3.8, 4) is 5.75 Å². The molecule has 2 atom stereocenters. The highest BCUT2D eigenvalue weighted by atomic mass is 32.1. The van der Waals surface area contributed by atoms with Crippen molar-refractivity contribution in [2.75, 3.05) is 33.3 Å². The number of amides is 1. The van der Waals surface area contributed by atoms with Gasteiger partial charge in [0.05, 0.1) is 13.0 Å². The van der Waals surface area contributed by atoms with Crippen molar-refractivity contribution in [2.24, 2.45) is 5.92 Å². The molecule has 24 heavy (non-hydrogen) atoms. The number of carbonyl (C=O) groups excluding carboxylic acids is 1. The van der Waals surface area contributed by atoms with Gasteiger partial charge in [-0.15, -0.1) is 0 Å². The third-order valence-corrected chi connectivity index (χ3v) is 4.76. The van der Waals surface area contributed by atoms with Crippen molar-refractivity contribution >= 4 is 23.2 Å². The van der Waals surface area contributed by atoms with Gasteiger partial charge in [0.25, 0.3) is 0 Å². The summed E-state index contributed by atoms with van der Waals surface area (Å²) in [6, 6.07) is 7.93. The van der Waals surface area contributed by atoms with Gasteiger partial charge in [-0.3, -0.25) is 4.79 Å². The fourth-order valence-corrected chi connectivity index (χ4v) is 3.46. The molecule has 0 bridgehead atoms. The van der Waals surface area contributed by atoms with E-state index in [9.17, 15) is 4.79 Å². The first-order valence-corrected chi connectivity index (χ1v) is 8.96. The van der Waals surface area contributed by atoms with Crippen LogP contribution in [0.5, 0.6) is 5.75 Å². The Labute approximate surface area is 149 Å². The molecule has 0 spiro atoms. The van der Waals surface area contributed by atoms with Gasteiger partial charge in [-0.2, -0.15) is 0 Å². The maximum atomic E-state index is 12.7. The van der Waals surface area contributed by atoms with Crippen LogP contribution in [0.2, 0.25) is 0 Å². The summed E-state index contributed by atoms with van der Waals surface area (Å²) in [7, 11) is 1.67. The van der Waals surface area contributed by atoms with Crippen LogP contribution >= 0.6 is 12.2 Å². The molecule has 0 unspecified atom stereocenters. The summed E-state index contributed by atoms with van der Waals surface area (Å²) in [4.78, 5) is 14.8. The van der Waals surface area contributed by atoms with Gasteiger partial charge < -0.3 is 20.3 Å². The maximum Gasteiger partial charge on any atom is 0.225 e. The van der Waals surface area contributed by atoms with Crippen LogP contribution in [0.15, 0.2) is 24.3 Å². The molecule has 0 aromatic heterocycles. The van der Waals surface area contributed by atoms with Crippen LogP contribution in [0.1, 0.15) is 31.7 Å². The highest BCUT2D eigenvalue weighted by Gasteiger charge is 2.40. The standard InChI is InChI=1S/C18H27N3O2S/c1-4-10-20-17(22)15-12-21(18(24)19-5-2)11-14(15)13-8-6-7-9-16(13)23-3/h6-9,14-15H,4-5,10-12H2,1-3H3,(H,19,24)(H,20,22)/t14-,15+/m0/s1. The van der Waals surface area contributed by atoms with Crippen molar-refractivity contribution in [1.29, 1.82) is 0 Å². The molecule has 5 nitrogen and oxygen atoms in total. The summed E-state index contributed by atoms with van der Waals surface area (Å²) in [5.74, 6) is 0.848. The lowest BCUT2D eigenvalue weighted by molar-refractivity contribution is -0.124. The summed E-state index contributed by atoms with van der Waals surface area (Å²) in [5, 5.41) is 6.93. The van der Waals surface area contributed by atoms with Crippen LogP contribution in [-0.4, -0.2) is 49.2 Å². The van der Waals surface area contributed by atoms with E-state index in [-0.39, 0.29) is 17.7 Å². The molecule has 0 saturated carbocycles. The number of para-hydroxylation sites is 1. The van der Waals surface area contributed by atoms with E-state index in [1.165, 1.54) is 0 Å². The maximum absolute atomic E-state index is 12.7. The average molecular weight is 350 g/mol. The summed E-state index contributed by atoms with van der Waals surface area (Å²) >= 11 is 5.46. The zero-order valence-electron chi connectivity index (χ0n) is 14.7. The Morgan fingerprint density at radius 2 is 2.04 bits per heavy atom. The zero-order valence-corrected chi connectivity index (χ0v) is 15.5. The van der Waals surface area contributed by atoms with Gasteiger partial charge in [0.2, 0.25) is 5.91 Å². The molecule has 1 amide bonds. The topological polar surface area (TPSA) is 53.6 Å². The first kappa shape index (κ1) is 18.5. The molecule has 1 heterocycles. The van der Waals surface area contributed by atoms with E-state index in [0.717, 1.165) is 30.8 Å². The second-order valence-corrected chi connectivity index (χ2v) is 6.37. The summed E-state index contributed by atoms with van der Waals surface area (Å²) < 4.78 is 5.51. The van der Waals surface area contributed by atoms with Crippen molar-refractivity contribution in [1.82, 2.24) is 15.5 Å². The third kappa shape index (κ3) is 4.17. The molecule has 0 aliphatic carbocycles. The van der Waals surface area contributed by atoms with Gasteiger partial charge in [0.15, 0.2) is 5.11 Å². The van der Waals surface area contributed by atoms with Crippen molar-refractivity contribution < 1.29 is 9.53 Å². The Balaban J connectivity index is 2.26. The van der Waals surface area contributed by atoms with Crippen LogP contribution in [0.4, 0.5) is 0 Å². The van der Waals surface area contributed by atoms with Gasteiger partial charge in [-0.1, -0.05) is 25.1 Å². The van der Waals surface area contributed by atoms with Crippen LogP contribution in [0, 0.1) is 5.92 Å². The molecule has 1 aliphatic rings. The molecule has 1 fully saturated rings. The van der Waals surface area contributed by atoms with E-state index in [0.29, 0.717) is 18.2 Å². The molecule has 1 aliphatic heterocycles. The fraction of sp³-hybridized carbons (Fsp3) is 0.556. The molecule has 2 rings (SSSR count). The quantitative estimate of drug-likeness (QED) is 0.771.